The summed E-state index contributed by atoms with van der Waals surface area (Å²) in [4.78, 5) is 8.86. The molecule has 0 saturated heterocycles. The Kier molecular flexibility index (Phi) is 3.31. The van der Waals surface area contributed by atoms with E-state index < -0.39 is 0 Å². The number of nitrogen functional groups attached to an aromatic ring is 1. The Morgan fingerprint density at radius 3 is 2.70 bits per heavy atom. The predicted molar refractivity (Wildman–Crippen MR) is 81.3 cm³/mol. The highest BCUT2D eigenvalue weighted by Crippen LogP contribution is 2.25. The van der Waals surface area contributed by atoms with Crippen LogP contribution in [0.4, 0.5) is 5.82 Å². The molecule has 0 spiro atoms. The van der Waals surface area contributed by atoms with Gasteiger partial charge >= 0.3 is 0 Å². The first kappa shape index (κ1) is 12.6. The van der Waals surface area contributed by atoms with Gasteiger partial charge in [0.25, 0.3) is 0 Å². The Balaban J connectivity index is 2.10. The van der Waals surface area contributed by atoms with E-state index >= 15 is 0 Å². The van der Waals surface area contributed by atoms with Crippen LogP contribution in [-0.4, -0.2) is 17.0 Å². The molecule has 0 radical (unpaired) electrons. The minimum atomic E-state index is -0.0618. The van der Waals surface area contributed by atoms with E-state index in [0.717, 1.165) is 22.2 Å². The highest BCUT2D eigenvalue weighted by Gasteiger charge is 2.16. The molecular formula is C16H16N4. The fourth-order valence-electron chi connectivity index (χ4n) is 2.38. The zero-order valence-corrected chi connectivity index (χ0v) is 11.2. The van der Waals surface area contributed by atoms with Crippen LogP contribution in [0.5, 0.6) is 0 Å². The van der Waals surface area contributed by atoms with E-state index in [-0.39, 0.29) is 6.04 Å². The molecule has 4 nitrogen and oxygen atoms in total. The Morgan fingerprint density at radius 2 is 1.90 bits per heavy atom. The van der Waals surface area contributed by atoms with Crippen LogP contribution in [0.25, 0.3) is 10.9 Å². The van der Waals surface area contributed by atoms with Gasteiger partial charge in [0.15, 0.2) is 0 Å². The number of nitrogens with two attached hydrogens (primary N) is 1. The third kappa shape index (κ3) is 2.21. The summed E-state index contributed by atoms with van der Waals surface area (Å²) in [6, 6.07) is 16.0. The first-order chi connectivity index (χ1) is 9.79. The first-order valence-corrected chi connectivity index (χ1v) is 6.53. The van der Waals surface area contributed by atoms with Gasteiger partial charge in [-0.2, -0.15) is 0 Å². The molecule has 1 atom stereocenters. The first-order valence-electron chi connectivity index (χ1n) is 6.53. The van der Waals surface area contributed by atoms with Gasteiger partial charge in [0.1, 0.15) is 5.82 Å². The molecular weight excluding hydrogens is 248 g/mol. The second-order valence-electron chi connectivity index (χ2n) is 4.63. The van der Waals surface area contributed by atoms with Crippen molar-refractivity contribution in [3.63, 3.8) is 0 Å². The summed E-state index contributed by atoms with van der Waals surface area (Å²) in [5.74, 6) is 0.529. The van der Waals surface area contributed by atoms with E-state index in [4.69, 9.17) is 10.7 Å². The van der Waals surface area contributed by atoms with Gasteiger partial charge in [-0.25, -0.2) is 4.98 Å². The van der Waals surface area contributed by atoms with Crippen molar-refractivity contribution in [3.05, 3.63) is 66.0 Å². The van der Waals surface area contributed by atoms with Crippen LogP contribution in [0.2, 0.25) is 0 Å². The van der Waals surface area contributed by atoms with Crippen molar-refractivity contribution in [1.29, 1.82) is 0 Å². The molecule has 3 rings (SSSR count). The third-order valence-corrected chi connectivity index (χ3v) is 3.39. The van der Waals surface area contributed by atoms with E-state index in [1.165, 1.54) is 0 Å². The molecule has 0 saturated carbocycles. The van der Waals surface area contributed by atoms with Crippen LogP contribution in [0.3, 0.4) is 0 Å². The van der Waals surface area contributed by atoms with Crippen molar-refractivity contribution >= 4 is 16.7 Å². The lowest BCUT2D eigenvalue weighted by atomic mass is 10.0. The highest BCUT2D eigenvalue weighted by molar-refractivity contribution is 5.78. The lowest BCUT2D eigenvalue weighted by molar-refractivity contribution is 0.673. The Labute approximate surface area is 117 Å². The van der Waals surface area contributed by atoms with E-state index in [2.05, 4.69) is 22.4 Å². The van der Waals surface area contributed by atoms with Crippen LogP contribution in [0, 0.1) is 0 Å². The molecule has 1 unspecified atom stereocenters. The van der Waals surface area contributed by atoms with Crippen LogP contribution in [-0.2, 0) is 0 Å². The SMILES string of the molecule is CNC(c1ccc2ccccc2n1)c1cccnc1N. The predicted octanol–water partition coefficient (Wildman–Crippen LogP) is 2.52. The number of benzene rings is 1. The van der Waals surface area contributed by atoms with Crippen molar-refractivity contribution < 1.29 is 0 Å². The van der Waals surface area contributed by atoms with E-state index in [1.807, 2.05) is 43.4 Å². The van der Waals surface area contributed by atoms with Crippen molar-refractivity contribution in [3.8, 4) is 0 Å². The molecule has 20 heavy (non-hydrogen) atoms. The minimum Gasteiger partial charge on any atom is -0.383 e. The number of para-hydroxylation sites is 1. The number of pyridine rings is 2. The topological polar surface area (TPSA) is 63.8 Å². The Hall–Kier alpha value is -2.46. The molecule has 0 amide bonds. The van der Waals surface area contributed by atoms with Crippen molar-refractivity contribution in [2.24, 2.45) is 0 Å². The fourth-order valence-corrected chi connectivity index (χ4v) is 2.38. The van der Waals surface area contributed by atoms with Crippen molar-refractivity contribution in [2.75, 3.05) is 12.8 Å². The van der Waals surface area contributed by atoms with Gasteiger partial charge in [-0.05, 0) is 25.2 Å². The average molecular weight is 264 g/mol. The zero-order valence-electron chi connectivity index (χ0n) is 11.2. The number of hydrogen-bond donors (Lipinski definition) is 2. The van der Waals surface area contributed by atoms with Crippen molar-refractivity contribution in [2.45, 2.75) is 6.04 Å². The summed E-state index contributed by atoms with van der Waals surface area (Å²) >= 11 is 0. The maximum atomic E-state index is 5.97. The van der Waals surface area contributed by atoms with Crippen LogP contribution >= 0.6 is 0 Å². The number of fused-ring (bicyclic) bond motifs is 1. The van der Waals surface area contributed by atoms with Crippen LogP contribution in [0.1, 0.15) is 17.3 Å². The second-order valence-corrected chi connectivity index (χ2v) is 4.63. The van der Waals surface area contributed by atoms with Crippen LogP contribution in [0.15, 0.2) is 54.7 Å². The van der Waals surface area contributed by atoms with E-state index in [0.29, 0.717) is 5.82 Å². The molecule has 2 heterocycles. The zero-order chi connectivity index (χ0) is 13.9. The fraction of sp³-hybridized carbons (Fsp3) is 0.125. The summed E-state index contributed by atoms with van der Waals surface area (Å²) in [6.07, 6.45) is 1.69. The lowest BCUT2D eigenvalue weighted by Gasteiger charge is -2.17. The smallest absolute Gasteiger partial charge is 0.128 e. The molecule has 4 heteroatoms. The molecule has 0 aliphatic heterocycles. The molecule has 3 aromatic rings. The van der Waals surface area contributed by atoms with Crippen LogP contribution < -0.4 is 11.1 Å². The van der Waals surface area contributed by atoms with Gasteiger partial charge in [0.05, 0.1) is 17.3 Å². The number of hydrogen-bond acceptors (Lipinski definition) is 4. The molecule has 0 bridgehead atoms. The van der Waals surface area contributed by atoms with Gasteiger partial charge in [0.2, 0.25) is 0 Å². The van der Waals surface area contributed by atoms with E-state index in [1.54, 1.807) is 6.20 Å². The van der Waals surface area contributed by atoms with Gasteiger partial charge in [-0.15, -0.1) is 0 Å². The van der Waals surface area contributed by atoms with Gasteiger partial charge in [-0.1, -0.05) is 30.3 Å². The number of anilines is 1. The number of aromatic nitrogens is 2. The summed E-state index contributed by atoms with van der Waals surface area (Å²) in [5, 5.41) is 4.39. The molecule has 3 N–H and O–H groups in total. The molecule has 100 valence electrons. The quantitative estimate of drug-likeness (QED) is 0.763. The molecule has 0 fully saturated rings. The molecule has 1 aromatic carbocycles. The standard InChI is InChI=1S/C16H16N4/c1-18-15(12-6-4-10-19-16(12)17)14-9-8-11-5-2-3-7-13(11)20-14/h2-10,15,18H,1H3,(H2,17,19). The maximum Gasteiger partial charge on any atom is 0.128 e. The number of rotatable bonds is 3. The molecule has 0 aliphatic carbocycles. The summed E-state index contributed by atoms with van der Waals surface area (Å²) in [5.41, 5.74) is 8.83. The second kappa shape index (κ2) is 5.27. The largest absolute Gasteiger partial charge is 0.383 e. The van der Waals surface area contributed by atoms with Crippen molar-refractivity contribution in [1.82, 2.24) is 15.3 Å². The normalized spacial score (nSPS) is 12.4. The molecule has 0 aliphatic rings. The average Bonchev–Trinajstić information content (AvgIpc) is 2.50. The van der Waals surface area contributed by atoms with Gasteiger partial charge < -0.3 is 11.1 Å². The third-order valence-electron chi connectivity index (χ3n) is 3.39. The minimum absolute atomic E-state index is 0.0618. The number of nitrogens with zero attached hydrogens (tertiary/aromatic N) is 2. The van der Waals surface area contributed by atoms with Gasteiger partial charge in [-0.3, -0.25) is 4.98 Å². The van der Waals surface area contributed by atoms with E-state index in [9.17, 15) is 0 Å². The summed E-state index contributed by atoms with van der Waals surface area (Å²) in [6.45, 7) is 0. The maximum absolute atomic E-state index is 5.97. The number of nitrogens with one attached hydrogen (secondary N) is 1. The Bertz CT molecular complexity index is 739. The lowest BCUT2D eigenvalue weighted by Crippen LogP contribution is -2.20. The van der Waals surface area contributed by atoms with Gasteiger partial charge in [0, 0.05) is 17.1 Å². The summed E-state index contributed by atoms with van der Waals surface area (Å²) < 4.78 is 0. The highest BCUT2D eigenvalue weighted by atomic mass is 14.9. The summed E-state index contributed by atoms with van der Waals surface area (Å²) in [7, 11) is 1.90. The molecule has 2 aromatic heterocycles. The Morgan fingerprint density at radius 1 is 1.05 bits per heavy atom. The monoisotopic (exact) mass is 264 g/mol.